The number of anilines is 1. The third-order valence-electron chi connectivity index (χ3n) is 4.88. The second-order valence-electron chi connectivity index (χ2n) is 6.96. The van der Waals surface area contributed by atoms with Crippen molar-refractivity contribution in [1.82, 2.24) is 9.97 Å². The number of halogens is 3. The lowest BCUT2D eigenvalue weighted by atomic mass is 9.94. The van der Waals surface area contributed by atoms with Crippen molar-refractivity contribution in [1.29, 1.82) is 0 Å². The zero-order valence-corrected chi connectivity index (χ0v) is 16.6. The minimum atomic E-state index is -4.24. The highest BCUT2D eigenvalue weighted by Gasteiger charge is 2.33. The Labute approximate surface area is 170 Å². The Morgan fingerprint density at radius 1 is 1.38 bits per heavy atom. The van der Waals surface area contributed by atoms with Crippen molar-refractivity contribution in [3.8, 4) is 0 Å². The lowest BCUT2D eigenvalue weighted by Crippen LogP contribution is -2.34. The molecule has 29 heavy (non-hydrogen) atoms. The van der Waals surface area contributed by atoms with Crippen LogP contribution in [-0.4, -0.2) is 50.6 Å². The van der Waals surface area contributed by atoms with Crippen LogP contribution in [0, 0.1) is 6.92 Å². The van der Waals surface area contributed by atoms with Gasteiger partial charge in [0.05, 0.1) is 12.2 Å². The number of thioether (sulfide) groups is 1. The Morgan fingerprint density at radius 3 is 2.83 bits per heavy atom. The first kappa shape index (κ1) is 21.6. The van der Waals surface area contributed by atoms with Crippen molar-refractivity contribution in [2.45, 2.75) is 55.6 Å². The quantitative estimate of drug-likeness (QED) is 0.696. The molecule has 6 nitrogen and oxygen atoms in total. The number of nitrogens with zero attached hydrogens (tertiary/aromatic N) is 2. The second kappa shape index (κ2) is 9.17. The van der Waals surface area contributed by atoms with E-state index in [1.807, 2.05) is 6.08 Å². The fourth-order valence-electron chi connectivity index (χ4n) is 3.46. The summed E-state index contributed by atoms with van der Waals surface area (Å²) in [5, 5.41) is 11.7. The number of carboxylic acid groups (broad SMARTS) is 1. The number of hydrogen-bond donors (Lipinski definition) is 2. The third-order valence-corrected chi connectivity index (χ3v) is 5.80. The molecule has 1 unspecified atom stereocenters. The molecule has 0 spiro atoms. The minimum absolute atomic E-state index is 0.00109. The van der Waals surface area contributed by atoms with Gasteiger partial charge in [0.25, 0.3) is 0 Å². The van der Waals surface area contributed by atoms with E-state index in [0.717, 1.165) is 24.8 Å². The van der Waals surface area contributed by atoms with Crippen molar-refractivity contribution >= 4 is 23.5 Å². The largest absolute Gasteiger partial charge is 0.476 e. The molecule has 158 valence electrons. The molecule has 1 aliphatic heterocycles. The van der Waals surface area contributed by atoms with E-state index < -0.39 is 16.7 Å². The Bertz CT molecular complexity index is 814. The van der Waals surface area contributed by atoms with Crippen LogP contribution >= 0.6 is 11.8 Å². The average molecular weight is 429 g/mol. The van der Waals surface area contributed by atoms with Crippen LogP contribution in [0.3, 0.4) is 0 Å². The number of aromatic carboxylic acids is 1. The van der Waals surface area contributed by atoms with Gasteiger partial charge in [0, 0.05) is 17.4 Å². The fourth-order valence-corrected chi connectivity index (χ4v) is 4.16. The molecule has 0 saturated carbocycles. The van der Waals surface area contributed by atoms with Gasteiger partial charge in [0.15, 0.2) is 5.69 Å². The van der Waals surface area contributed by atoms with E-state index in [-0.39, 0.29) is 29.7 Å². The molecule has 3 atom stereocenters. The van der Waals surface area contributed by atoms with E-state index in [1.54, 1.807) is 19.1 Å². The lowest BCUT2D eigenvalue weighted by molar-refractivity contribution is -0.0331. The summed E-state index contributed by atoms with van der Waals surface area (Å²) >= 11 is 0.00109. The van der Waals surface area contributed by atoms with E-state index in [9.17, 15) is 18.0 Å². The number of carbonyl (C=O) groups is 1. The number of ether oxygens (including phenoxy) is 1. The van der Waals surface area contributed by atoms with Gasteiger partial charge in [-0.05, 0) is 49.9 Å². The number of allylic oxidation sites excluding steroid dienone is 1. The van der Waals surface area contributed by atoms with Gasteiger partial charge in [-0.1, -0.05) is 18.2 Å². The average Bonchev–Trinajstić information content (AvgIpc) is 2.66. The molecule has 2 N–H and O–H groups in total. The van der Waals surface area contributed by atoms with Gasteiger partial charge in [-0.25, -0.2) is 14.8 Å². The molecule has 0 amide bonds. The molecule has 1 aliphatic carbocycles. The standard InChI is InChI=1S/C19H22F3N3O3S/c1-11-16(18(26)27)24-10-25-17(11)23-9-13-3-2-4-15(28-13)12-5-7-14(8-6-12)29-19(20,21)22/h5-7,10,13-15H,2-4,8-9H2,1H3,(H,26,27)(H,23,24,25)/t13-,14?,15+/m1/s1. The summed E-state index contributed by atoms with van der Waals surface area (Å²) < 4.78 is 43.6. The topological polar surface area (TPSA) is 84.3 Å². The van der Waals surface area contributed by atoms with E-state index in [1.165, 1.54) is 6.33 Å². The van der Waals surface area contributed by atoms with Crippen molar-refractivity contribution in [3.05, 3.63) is 41.4 Å². The third kappa shape index (κ3) is 5.96. The lowest BCUT2D eigenvalue weighted by Gasteiger charge is -2.32. The molecule has 0 radical (unpaired) electrons. The number of nitrogens with one attached hydrogen (secondary N) is 1. The van der Waals surface area contributed by atoms with E-state index >= 15 is 0 Å². The SMILES string of the molecule is Cc1c(NC[C@H]2CCC[C@@H](C3=CCC(SC(F)(F)F)C=C3)O2)ncnc1C(=O)O. The van der Waals surface area contributed by atoms with Crippen LogP contribution < -0.4 is 5.32 Å². The Hall–Kier alpha value is -2.07. The van der Waals surface area contributed by atoms with Crippen LogP contribution in [0.2, 0.25) is 0 Å². The maximum Gasteiger partial charge on any atom is 0.442 e. The zero-order chi connectivity index (χ0) is 21.0. The summed E-state index contributed by atoms with van der Waals surface area (Å²) in [6.45, 7) is 2.10. The molecule has 2 heterocycles. The van der Waals surface area contributed by atoms with Crippen LogP contribution in [0.15, 0.2) is 30.1 Å². The predicted molar refractivity (Wildman–Crippen MR) is 104 cm³/mol. The first-order chi connectivity index (χ1) is 13.7. The highest BCUT2D eigenvalue weighted by Crippen LogP contribution is 2.38. The molecular formula is C19H22F3N3O3S. The highest BCUT2D eigenvalue weighted by molar-refractivity contribution is 8.00. The van der Waals surface area contributed by atoms with Crippen molar-refractivity contribution in [2.75, 3.05) is 11.9 Å². The van der Waals surface area contributed by atoms with Gasteiger partial charge >= 0.3 is 11.5 Å². The summed E-state index contributed by atoms with van der Waals surface area (Å²) in [7, 11) is 0. The van der Waals surface area contributed by atoms with Crippen LogP contribution in [-0.2, 0) is 4.74 Å². The Morgan fingerprint density at radius 2 is 2.17 bits per heavy atom. The van der Waals surface area contributed by atoms with Gasteiger partial charge in [0.2, 0.25) is 0 Å². The molecule has 10 heteroatoms. The van der Waals surface area contributed by atoms with Crippen LogP contribution in [0.5, 0.6) is 0 Å². The van der Waals surface area contributed by atoms with Gasteiger partial charge < -0.3 is 15.2 Å². The summed E-state index contributed by atoms with van der Waals surface area (Å²) in [4.78, 5) is 19.0. The number of carboxylic acids is 1. The van der Waals surface area contributed by atoms with E-state index in [0.29, 0.717) is 24.3 Å². The number of aromatic nitrogens is 2. The minimum Gasteiger partial charge on any atom is -0.476 e. The maximum atomic E-state index is 12.5. The van der Waals surface area contributed by atoms with Crippen molar-refractivity contribution < 1.29 is 27.8 Å². The van der Waals surface area contributed by atoms with Crippen LogP contribution in [0.25, 0.3) is 0 Å². The van der Waals surface area contributed by atoms with E-state index in [2.05, 4.69) is 15.3 Å². The first-order valence-electron chi connectivity index (χ1n) is 9.30. The molecule has 3 rings (SSSR count). The second-order valence-corrected chi connectivity index (χ2v) is 8.26. The Balaban J connectivity index is 1.55. The van der Waals surface area contributed by atoms with Gasteiger partial charge in [-0.15, -0.1) is 0 Å². The molecule has 1 aromatic rings. The first-order valence-corrected chi connectivity index (χ1v) is 10.2. The number of alkyl halides is 3. The summed E-state index contributed by atoms with van der Waals surface area (Å²) in [5.41, 5.74) is -2.91. The summed E-state index contributed by atoms with van der Waals surface area (Å²) in [6.07, 6.45) is 9.04. The van der Waals surface area contributed by atoms with Crippen LogP contribution in [0.1, 0.15) is 41.7 Å². The van der Waals surface area contributed by atoms with Crippen molar-refractivity contribution in [2.24, 2.45) is 0 Å². The summed E-state index contributed by atoms with van der Waals surface area (Å²) in [5.74, 6) is -0.660. The molecule has 1 aromatic heterocycles. The summed E-state index contributed by atoms with van der Waals surface area (Å²) in [6, 6.07) is 0. The normalized spacial score (nSPS) is 24.8. The zero-order valence-electron chi connectivity index (χ0n) is 15.8. The highest BCUT2D eigenvalue weighted by atomic mass is 32.2. The molecule has 0 aromatic carbocycles. The number of hydrogen-bond acceptors (Lipinski definition) is 6. The number of rotatable bonds is 6. The molecular weight excluding hydrogens is 407 g/mol. The maximum absolute atomic E-state index is 12.5. The van der Waals surface area contributed by atoms with Gasteiger partial charge in [-0.2, -0.15) is 13.2 Å². The van der Waals surface area contributed by atoms with Crippen molar-refractivity contribution in [3.63, 3.8) is 0 Å². The molecule has 2 aliphatic rings. The monoisotopic (exact) mass is 429 g/mol. The van der Waals surface area contributed by atoms with Gasteiger partial charge in [-0.3, -0.25) is 0 Å². The van der Waals surface area contributed by atoms with Gasteiger partial charge in [0.1, 0.15) is 12.1 Å². The molecule has 1 fully saturated rings. The smallest absolute Gasteiger partial charge is 0.442 e. The molecule has 1 saturated heterocycles. The fraction of sp³-hybridized carbons (Fsp3) is 0.526. The Kier molecular flexibility index (Phi) is 6.84. The molecule has 0 bridgehead atoms. The predicted octanol–water partition coefficient (Wildman–Crippen LogP) is 4.34. The van der Waals surface area contributed by atoms with E-state index in [4.69, 9.17) is 9.84 Å². The van der Waals surface area contributed by atoms with Crippen LogP contribution in [0.4, 0.5) is 19.0 Å².